The van der Waals surface area contributed by atoms with E-state index in [-0.39, 0.29) is 16.8 Å². The summed E-state index contributed by atoms with van der Waals surface area (Å²) in [5.41, 5.74) is 1.97. The molecule has 0 fully saturated rings. The number of benzene rings is 2. The summed E-state index contributed by atoms with van der Waals surface area (Å²) < 4.78 is 1.96. The van der Waals surface area contributed by atoms with Crippen molar-refractivity contribution in [2.45, 2.75) is 33.2 Å². The number of hydrogen-bond donors (Lipinski definition) is 3. The standard InChI is InChI=1S/C22H22N2O5/c1-3-4-9-24-18-8-6-5-7-17(18)13(2)19(24)20(25)23-16-11-14(21(26)27)10-15(12-16)22(28)29/h5-8,10-12H,3-4,9H2,1-2H3,(H,23,25)(H,26,27)(H,28,29). The summed E-state index contributed by atoms with van der Waals surface area (Å²) in [7, 11) is 0. The normalized spacial score (nSPS) is 10.8. The maximum Gasteiger partial charge on any atom is 0.335 e. The number of rotatable bonds is 7. The van der Waals surface area contributed by atoms with Crippen LogP contribution in [0.4, 0.5) is 5.69 Å². The first-order chi connectivity index (χ1) is 13.8. The predicted octanol–water partition coefficient (Wildman–Crippen LogP) is 4.40. The number of nitrogens with zero attached hydrogens (tertiary/aromatic N) is 1. The molecule has 0 radical (unpaired) electrons. The molecule has 29 heavy (non-hydrogen) atoms. The number of carboxylic acids is 2. The topological polar surface area (TPSA) is 109 Å². The molecule has 1 aromatic heterocycles. The van der Waals surface area contributed by atoms with Crippen molar-refractivity contribution in [1.82, 2.24) is 4.57 Å². The lowest BCUT2D eigenvalue weighted by Gasteiger charge is -2.12. The molecule has 2 aromatic carbocycles. The Labute approximate surface area is 167 Å². The monoisotopic (exact) mass is 394 g/mol. The third kappa shape index (κ3) is 3.99. The first-order valence-electron chi connectivity index (χ1n) is 9.34. The first-order valence-corrected chi connectivity index (χ1v) is 9.34. The molecule has 0 unspecified atom stereocenters. The van der Waals surface area contributed by atoms with E-state index in [1.807, 2.05) is 35.8 Å². The van der Waals surface area contributed by atoms with Crippen LogP contribution < -0.4 is 5.32 Å². The molecule has 3 rings (SSSR count). The highest BCUT2D eigenvalue weighted by molar-refractivity contribution is 6.09. The quantitative estimate of drug-likeness (QED) is 0.550. The summed E-state index contributed by atoms with van der Waals surface area (Å²) in [5, 5.41) is 22.1. The van der Waals surface area contributed by atoms with Crippen LogP contribution in [0.3, 0.4) is 0 Å². The van der Waals surface area contributed by atoms with Gasteiger partial charge in [0, 0.05) is 23.1 Å². The van der Waals surface area contributed by atoms with Gasteiger partial charge in [-0.2, -0.15) is 0 Å². The van der Waals surface area contributed by atoms with Crippen LogP contribution in [0.1, 0.15) is 56.5 Å². The maximum atomic E-state index is 13.1. The Balaban J connectivity index is 2.05. The summed E-state index contributed by atoms with van der Waals surface area (Å²) in [6.45, 7) is 4.61. The number of hydrogen-bond acceptors (Lipinski definition) is 3. The summed E-state index contributed by atoms with van der Waals surface area (Å²) in [5.74, 6) is -2.94. The highest BCUT2D eigenvalue weighted by Crippen LogP contribution is 2.27. The number of para-hydroxylation sites is 1. The van der Waals surface area contributed by atoms with Crippen LogP contribution >= 0.6 is 0 Å². The van der Waals surface area contributed by atoms with Crippen LogP contribution in [0.25, 0.3) is 10.9 Å². The highest BCUT2D eigenvalue weighted by atomic mass is 16.4. The van der Waals surface area contributed by atoms with Crippen molar-refractivity contribution < 1.29 is 24.6 Å². The molecular formula is C22H22N2O5. The van der Waals surface area contributed by atoms with E-state index in [2.05, 4.69) is 12.2 Å². The second-order valence-corrected chi connectivity index (χ2v) is 6.86. The molecule has 3 N–H and O–H groups in total. The van der Waals surface area contributed by atoms with Crippen molar-refractivity contribution in [3.8, 4) is 0 Å². The minimum Gasteiger partial charge on any atom is -0.478 e. The lowest BCUT2D eigenvalue weighted by molar-refractivity contribution is 0.0696. The first kappa shape index (κ1) is 20.1. The van der Waals surface area contributed by atoms with E-state index >= 15 is 0 Å². The summed E-state index contributed by atoms with van der Waals surface area (Å²) in [6, 6.07) is 11.3. The predicted molar refractivity (Wildman–Crippen MR) is 110 cm³/mol. The molecule has 0 saturated heterocycles. The zero-order valence-corrected chi connectivity index (χ0v) is 16.2. The number of amides is 1. The molecular weight excluding hydrogens is 372 g/mol. The molecule has 7 nitrogen and oxygen atoms in total. The van der Waals surface area contributed by atoms with E-state index in [9.17, 15) is 24.6 Å². The van der Waals surface area contributed by atoms with Gasteiger partial charge in [0.05, 0.1) is 11.1 Å². The second kappa shape index (κ2) is 8.18. The SMILES string of the molecule is CCCCn1c(C(=O)Nc2cc(C(=O)O)cc(C(=O)O)c2)c(C)c2ccccc21. The Bertz CT molecular complexity index is 1080. The smallest absolute Gasteiger partial charge is 0.335 e. The Morgan fingerprint density at radius 1 is 1.00 bits per heavy atom. The third-order valence-electron chi connectivity index (χ3n) is 4.86. The van der Waals surface area contributed by atoms with Crippen molar-refractivity contribution in [3.05, 3.63) is 64.8 Å². The van der Waals surface area contributed by atoms with Crippen LogP contribution in [0.2, 0.25) is 0 Å². The van der Waals surface area contributed by atoms with Crippen molar-refractivity contribution in [2.24, 2.45) is 0 Å². The highest BCUT2D eigenvalue weighted by Gasteiger charge is 2.21. The molecule has 0 saturated carbocycles. The molecule has 0 aliphatic heterocycles. The number of nitrogens with one attached hydrogen (secondary N) is 1. The van der Waals surface area contributed by atoms with Gasteiger partial charge < -0.3 is 20.1 Å². The van der Waals surface area contributed by atoms with E-state index in [1.54, 1.807) is 0 Å². The number of carboxylic acid groups (broad SMARTS) is 2. The molecule has 0 aliphatic carbocycles. The van der Waals surface area contributed by atoms with Gasteiger partial charge in [-0.1, -0.05) is 31.5 Å². The molecule has 0 aliphatic rings. The number of carbonyl (C=O) groups excluding carboxylic acids is 1. The summed E-state index contributed by atoms with van der Waals surface area (Å²) in [6.07, 6.45) is 1.87. The minimum absolute atomic E-state index is 0.124. The van der Waals surface area contributed by atoms with Crippen LogP contribution in [-0.4, -0.2) is 32.6 Å². The maximum absolute atomic E-state index is 13.1. The molecule has 3 aromatic rings. The number of fused-ring (bicyclic) bond motifs is 1. The molecule has 7 heteroatoms. The van der Waals surface area contributed by atoms with Crippen molar-refractivity contribution in [2.75, 3.05) is 5.32 Å². The van der Waals surface area contributed by atoms with Crippen LogP contribution in [-0.2, 0) is 6.54 Å². The lowest BCUT2D eigenvalue weighted by Crippen LogP contribution is -2.19. The van der Waals surface area contributed by atoms with Gasteiger partial charge in [-0.05, 0) is 43.2 Å². The van der Waals surface area contributed by atoms with Gasteiger partial charge in [0.1, 0.15) is 5.69 Å². The zero-order chi connectivity index (χ0) is 21.1. The number of carbonyl (C=O) groups is 3. The van der Waals surface area contributed by atoms with E-state index < -0.39 is 17.8 Å². The van der Waals surface area contributed by atoms with Crippen LogP contribution in [0.15, 0.2) is 42.5 Å². The lowest BCUT2D eigenvalue weighted by atomic mass is 10.1. The largest absolute Gasteiger partial charge is 0.478 e. The Morgan fingerprint density at radius 2 is 1.62 bits per heavy atom. The van der Waals surface area contributed by atoms with E-state index in [1.165, 1.54) is 12.1 Å². The Kier molecular flexibility index (Phi) is 5.68. The van der Waals surface area contributed by atoms with Gasteiger partial charge >= 0.3 is 11.9 Å². The fourth-order valence-electron chi connectivity index (χ4n) is 3.45. The average molecular weight is 394 g/mol. The molecule has 0 bridgehead atoms. The van der Waals surface area contributed by atoms with E-state index in [0.717, 1.165) is 35.4 Å². The number of aryl methyl sites for hydroxylation is 2. The van der Waals surface area contributed by atoms with Crippen LogP contribution in [0.5, 0.6) is 0 Å². The average Bonchev–Trinajstić information content (AvgIpc) is 2.98. The number of unbranched alkanes of at least 4 members (excludes halogenated alkanes) is 1. The zero-order valence-electron chi connectivity index (χ0n) is 16.2. The number of aromatic carboxylic acids is 2. The van der Waals surface area contributed by atoms with Crippen molar-refractivity contribution in [3.63, 3.8) is 0 Å². The van der Waals surface area contributed by atoms with Gasteiger partial charge in [-0.15, -0.1) is 0 Å². The van der Waals surface area contributed by atoms with E-state index in [0.29, 0.717) is 12.2 Å². The van der Waals surface area contributed by atoms with Gasteiger partial charge in [0.15, 0.2) is 0 Å². The van der Waals surface area contributed by atoms with Gasteiger partial charge in [-0.3, -0.25) is 4.79 Å². The summed E-state index contributed by atoms with van der Waals surface area (Å²) in [4.78, 5) is 35.8. The van der Waals surface area contributed by atoms with Gasteiger partial charge in [0.2, 0.25) is 0 Å². The van der Waals surface area contributed by atoms with Gasteiger partial charge in [-0.25, -0.2) is 9.59 Å². The molecule has 1 amide bonds. The fraction of sp³-hybridized carbons (Fsp3) is 0.227. The molecule has 0 spiro atoms. The van der Waals surface area contributed by atoms with Crippen molar-refractivity contribution in [1.29, 1.82) is 0 Å². The van der Waals surface area contributed by atoms with E-state index in [4.69, 9.17) is 0 Å². The molecule has 150 valence electrons. The Morgan fingerprint density at radius 3 is 2.21 bits per heavy atom. The minimum atomic E-state index is -1.27. The number of anilines is 1. The third-order valence-corrected chi connectivity index (χ3v) is 4.86. The van der Waals surface area contributed by atoms with Gasteiger partial charge in [0.25, 0.3) is 5.91 Å². The molecule has 0 atom stereocenters. The summed E-state index contributed by atoms with van der Waals surface area (Å²) >= 11 is 0. The fourth-order valence-corrected chi connectivity index (χ4v) is 3.45. The molecule has 1 heterocycles. The van der Waals surface area contributed by atoms with Crippen molar-refractivity contribution >= 4 is 34.4 Å². The second-order valence-electron chi connectivity index (χ2n) is 6.86. The number of aromatic nitrogens is 1. The van der Waals surface area contributed by atoms with Crippen LogP contribution in [0, 0.1) is 6.92 Å². The Hall–Kier alpha value is -3.61.